The number of aromatic hydroxyl groups is 2. The molecule has 0 unspecified atom stereocenters. The molecule has 0 saturated carbocycles. The third-order valence-corrected chi connectivity index (χ3v) is 5.58. The summed E-state index contributed by atoms with van der Waals surface area (Å²) < 4.78 is 0. The molecule has 0 aliphatic rings. The average molecular weight is 499 g/mol. The van der Waals surface area contributed by atoms with Crippen molar-refractivity contribution in [3.8, 4) is 23.0 Å². The number of aryl methyl sites for hydroxylation is 2. The molecular formula is C26H30N2O8. The zero-order chi connectivity index (χ0) is 25.2. The molecule has 10 heteroatoms. The number of carboxylic acids is 2. The Morgan fingerprint density at radius 3 is 1.31 bits per heavy atom. The maximum absolute atomic E-state index is 11.9. The maximum atomic E-state index is 11.9. The molecule has 36 heavy (non-hydrogen) atoms. The Hall–Kier alpha value is -4.54. The van der Waals surface area contributed by atoms with Crippen molar-refractivity contribution in [1.82, 2.24) is 12.3 Å². The molecule has 0 radical (unpaired) electrons. The van der Waals surface area contributed by atoms with Gasteiger partial charge in [-0.05, 0) is 46.9 Å². The molecule has 0 bridgehead atoms. The molecule has 0 spiro atoms. The van der Waals surface area contributed by atoms with Gasteiger partial charge in [0.25, 0.3) is 0 Å². The zero-order valence-corrected chi connectivity index (χ0v) is 20.5. The van der Waals surface area contributed by atoms with Crippen molar-refractivity contribution in [2.75, 3.05) is 0 Å². The van der Waals surface area contributed by atoms with Gasteiger partial charge >= 0.3 is 11.9 Å². The number of carboxylic acid groups (broad SMARTS) is 2. The lowest BCUT2D eigenvalue weighted by molar-refractivity contribution is -0.267. The van der Waals surface area contributed by atoms with Gasteiger partial charge in [0.2, 0.25) is 0 Å². The fourth-order valence-corrected chi connectivity index (χ4v) is 3.93. The Labute approximate surface area is 206 Å². The van der Waals surface area contributed by atoms with Gasteiger partial charge in [-0.25, -0.2) is 9.59 Å². The lowest BCUT2D eigenvalue weighted by atomic mass is 9.98. The van der Waals surface area contributed by atoms with E-state index in [1.54, 1.807) is 12.1 Å². The van der Waals surface area contributed by atoms with Gasteiger partial charge in [0.15, 0.2) is 0 Å². The van der Waals surface area contributed by atoms with Gasteiger partial charge in [0.05, 0.1) is 11.1 Å². The second-order valence-corrected chi connectivity index (χ2v) is 7.54. The summed E-state index contributed by atoms with van der Waals surface area (Å²) in [5, 5.41) is 62.6. The van der Waals surface area contributed by atoms with E-state index in [2.05, 4.69) is 0 Å². The van der Waals surface area contributed by atoms with E-state index in [4.69, 9.17) is 10.2 Å². The second kappa shape index (κ2) is 11.7. The van der Waals surface area contributed by atoms with Gasteiger partial charge in [-0.15, -0.1) is 0 Å². The van der Waals surface area contributed by atoms with Crippen LogP contribution in [0, 0.1) is 0 Å². The summed E-state index contributed by atoms with van der Waals surface area (Å²) in [5.41, 5.74) is 0.856. The molecule has 4 rings (SSSR count). The molecule has 0 atom stereocenters. The van der Waals surface area contributed by atoms with Crippen LogP contribution in [0.5, 0.6) is 23.0 Å². The minimum absolute atomic E-state index is 0. The standard InChI is InChI=1S/2C13H12O4.2H3N/c2*1-2-7-4-3-5-8-11(7)10(14)6-9(12(8)15)13(16)17;;/h2*3-6,14-15H,2H2,1H3,(H,16,17);2*1H3. The molecule has 0 aromatic heterocycles. The van der Waals surface area contributed by atoms with E-state index in [1.165, 1.54) is 12.1 Å². The first-order valence-corrected chi connectivity index (χ1v) is 10.5. The van der Waals surface area contributed by atoms with Crippen molar-refractivity contribution in [3.63, 3.8) is 0 Å². The Morgan fingerprint density at radius 2 is 1.03 bits per heavy atom. The molecule has 0 aliphatic carbocycles. The number of rotatable bonds is 4. The van der Waals surface area contributed by atoms with Crippen molar-refractivity contribution in [2.45, 2.75) is 26.7 Å². The van der Waals surface area contributed by atoms with E-state index in [0.29, 0.717) is 23.6 Å². The minimum atomic E-state index is -1.32. The first-order chi connectivity index (χ1) is 16.1. The van der Waals surface area contributed by atoms with Crippen LogP contribution in [0.4, 0.5) is 0 Å². The van der Waals surface area contributed by atoms with Crippen molar-refractivity contribution in [2.24, 2.45) is 0 Å². The van der Waals surface area contributed by atoms with E-state index in [1.807, 2.05) is 26.0 Å². The lowest BCUT2D eigenvalue weighted by Crippen LogP contribution is -2.05. The van der Waals surface area contributed by atoms with Gasteiger partial charge in [-0.2, -0.15) is 0 Å². The molecule has 12 N–H and O–H groups in total. The molecule has 4 aromatic rings. The summed E-state index contributed by atoms with van der Waals surface area (Å²) in [7, 11) is 0. The van der Waals surface area contributed by atoms with Crippen molar-refractivity contribution in [3.05, 3.63) is 70.8 Å². The summed E-state index contributed by atoms with van der Waals surface area (Å²) in [6, 6.07) is 12.1. The summed E-state index contributed by atoms with van der Waals surface area (Å²) in [6.07, 6.45) is 1.33. The minimum Gasteiger partial charge on any atom is -0.871 e. The number of fused-ring (bicyclic) bond motifs is 2. The summed E-state index contributed by atoms with van der Waals surface area (Å²) in [5.74, 6) is -4.08. The smallest absolute Gasteiger partial charge is 0.335 e. The number of carbonyl (C=O) groups is 2. The van der Waals surface area contributed by atoms with E-state index in [0.717, 1.165) is 23.3 Å². The average Bonchev–Trinajstić information content (AvgIpc) is 2.82. The molecule has 0 fully saturated rings. The highest BCUT2D eigenvalue weighted by atomic mass is 16.4. The van der Waals surface area contributed by atoms with E-state index in [9.17, 15) is 30.0 Å². The van der Waals surface area contributed by atoms with Crippen LogP contribution in [0.2, 0.25) is 0 Å². The summed E-state index contributed by atoms with van der Waals surface area (Å²) >= 11 is 0. The maximum Gasteiger partial charge on any atom is 0.335 e. The molecule has 0 heterocycles. The van der Waals surface area contributed by atoms with Gasteiger partial charge in [0.1, 0.15) is 11.5 Å². The van der Waals surface area contributed by atoms with Crippen LogP contribution >= 0.6 is 0 Å². The molecular weight excluding hydrogens is 468 g/mol. The number of hydrogen-bond acceptors (Lipinski definition) is 6. The zero-order valence-electron chi connectivity index (χ0n) is 20.5. The fraction of sp³-hybridized carbons (Fsp3) is 0.154. The number of quaternary nitrogens is 2. The first kappa shape index (κ1) is 29.5. The Balaban J connectivity index is 0.000000341. The van der Waals surface area contributed by atoms with E-state index < -0.39 is 34.6 Å². The van der Waals surface area contributed by atoms with Crippen LogP contribution in [-0.2, 0) is 12.8 Å². The van der Waals surface area contributed by atoms with Crippen LogP contribution in [0.25, 0.3) is 21.5 Å². The predicted molar refractivity (Wildman–Crippen MR) is 135 cm³/mol. The number of phenols is 2. The topological polar surface area (TPSA) is 234 Å². The number of aromatic carboxylic acids is 2. The first-order valence-electron chi connectivity index (χ1n) is 10.5. The van der Waals surface area contributed by atoms with E-state index >= 15 is 0 Å². The molecule has 0 saturated heterocycles. The third kappa shape index (κ3) is 5.24. The van der Waals surface area contributed by atoms with Crippen LogP contribution in [0.1, 0.15) is 45.7 Å². The summed E-state index contributed by atoms with van der Waals surface area (Å²) in [6.45, 7) is 3.81. The van der Waals surface area contributed by atoms with Gasteiger partial charge in [-0.3, -0.25) is 0 Å². The number of hydrogen-bond donors (Lipinski definition) is 6. The normalized spacial score (nSPS) is 10.1. The van der Waals surface area contributed by atoms with Crippen molar-refractivity contribution < 1.29 is 40.2 Å². The highest BCUT2D eigenvalue weighted by Crippen LogP contribution is 2.37. The number of benzene rings is 4. The van der Waals surface area contributed by atoms with Gasteiger partial charge in [0, 0.05) is 10.8 Å². The molecule has 192 valence electrons. The predicted octanol–water partition coefficient (Wildman–Crippen LogP) is 4.51. The SMILES string of the molecule is CCc1cccc2c([O-])c(C(=O)O)cc(O)c12.CCc1cccc2c([O-])c(C(=O)O)cc(O)c12.[NH4+].[NH4+]. The monoisotopic (exact) mass is 498 g/mol. The van der Waals surface area contributed by atoms with Gasteiger partial charge < -0.3 is 42.9 Å². The molecule has 10 nitrogen and oxygen atoms in total. The highest BCUT2D eigenvalue weighted by Gasteiger charge is 2.14. The van der Waals surface area contributed by atoms with Gasteiger partial charge in [-0.1, -0.05) is 61.7 Å². The fourth-order valence-electron chi connectivity index (χ4n) is 3.93. The second-order valence-electron chi connectivity index (χ2n) is 7.54. The van der Waals surface area contributed by atoms with Crippen molar-refractivity contribution in [1.29, 1.82) is 0 Å². The number of phenolic OH excluding ortho intramolecular Hbond substituents is 2. The highest BCUT2D eigenvalue weighted by molar-refractivity contribution is 6.05. The molecule has 0 aliphatic heterocycles. The Bertz CT molecular complexity index is 1320. The van der Waals surface area contributed by atoms with Crippen LogP contribution in [0.15, 0.2) is 48.5 Å². The van der Waals surface area contributed by atoms with E-state index in [-0.39, 0.29) is 34.6 Å². The summed E-state index contributed by atoms with van der Waals surface area (Å²) in [4.78, 5) is 21.7. The quantitative estimate of drug-likeness (QED) is 0.233. The van der Waals surface area contributed by atoms with Crippen molar-refractivity contribution >= 4 is 33.5 Å². The Morgan fingerprint density at radius 1 is 0.694 bits per heavy atom. The third-order valence-electron chi connectivity index (χ3n) is 5.58. The molecule has 4 aromatic carbocycles. The molecule has 0 amide bonds. The lowest BCUT2D eigenvalue weighted by Gasteiger charge is -2.17. The Kier molecular flexibility index (Phi) is 9.61. The van der Waals surface area contributed by atoms with Crippen LogP contribution in [0.3, 0.4) is 0 Å². The van der Waals surface area contributed by atoms with Crippen LogP contribution < -0.4 is 22.5 Å². The van der Waals surface area contributed by atoms with Crippen LogP contribution in [-0.4, -0.2) is 32.4 Å². The largest absolute Gasteiger partial charge is 0.871 e.